The van der Waals surface area contributed by atoms with E-state index in [-0.39, 0.29) is 0 Å². The van der Waals surface area contributed by atoms with E-state index in [0.717, 1.165) is 64.9 Å². The van der Waals surface area contributed by atoms with Crippen LogP contribution < -0.4 is 15.5 Å². The lowest BCUT2D eigenvalue weighted by atomic mass is 10.2. The first-order valence-electron chi connectivity index (χ1n) is 10.8. The van der Waals surface area contributed by atoms with Crippen LogP contribution in [0.1, 0.15) is 26.3 Å². The summed E-state index contributed by atoms with van der Waals surface area (Å²) in [5.74, 6) is 0.920. The Morgan fingerprint density at radius 2 is 1.93 bits per heavy atom. The number of aliphatic imine (C=N–C) groups is 1. The van der Waals surface area contributed by atoms with Crippen LogP contribution in [0.15, 0.2) is 29.3 Å². The Kier molecular flexibility index (Phi) is 9.58. The smallest absolute Gasteiger partial charge is 0.191 e. The summed E-state index contributed by atoms with van der Waals surface area (Å²) < 4.78 is 0. The van der Waals surface area contributed by atoms with Gasteiger partial charge in [-0.2, -0.15) is 0 Å². The summed E-state index contributed by atoms with van der Waals surface area (Å²) in [7, 11) is 2.20. The number of guanidine groups is 1. The fourth-order valence-corrected chi connectivity index (χ4v) is 3.55. The first kappa shape index (κ1) is 22.5. The molecular formula is C22H40N6. The minimum atomic E-state index is 0.476. The van der Waals surface area contributed by atoms with Crippen LogP contribution in [-0.4, -0.2) is 87.8 Å². The molecule has 158 valence electrons. The molecule has 1 saturated heterocycles. The lowest BCUT2D eigenvalue weighted by Crippen LogP contribution is -2.49. The Labute approximate surface area is 172 Å². The number of hydrogen-bond donors (Lipinski definition) is 2. The molecule has 0 amide bonds. The van der Waals surface area contributed by atoms with Crippen LogP contribution in [0.25, 0.3) is 0 Å². The molecule has 2 N–H and O–H groups in total. The van der Waals surface area contributed by atoms with E-state index in [1.54, 1.807) is 0 Å². The van der Waals surface area contributed by atoms with Crippen molar-refractivity contribution in [3.8, 4) is 0 Å². The highest BCUT2D eigenvalue weighted by Crippen LogP contribution is 2.15. The van der Waals surface area contributed by atoms with Gasteiger partial charge in [0.15, 0.2) is 5.96 Å². The van der Waals surface area contributed by atoms with Crippen molar-refractivity contribution < 1.29 is 0 Å². The largest absolute Gasteiger partial charge is 0.370 e. The van der Waals surface area contributed by atoms with Gasteiger partial charge in [0.2, 0.25) is 0 Å². The zero-order valence-corrected chi connectivity index (χ0v) is 18.5. The molecule has 28 heavy (non-hydrogen) atoms. The molecule has 1 aromatic carbocycles. The Balaban J connectivity index is 1.83. The monoisotopic (exact) mass is 388 g/mol. The second-order valence-electron chi connectivity index (χ2n) is 7.75. The predicted octanol–water partition coefficient (Wildman–Crippen LogP) is 2.01. The molecule has 1 unspecified atom stereocenters. The Bertz CT molecular complexity index is 594. The number of anilines is 1. The quantitative estimate of drug-likeness (QED) is 0.501. The van der Waals surface area contributed by atoms with Gasteiger partial charge < -0.3 is 20.4 Å². The molecule has 1 atom stereocenters. The zero-order valence-electron chi connectivity index (χ0n) is 18.5. The highest BCUT2D eigenvalue weighted by molar-refractivity contribution is 5.79. The van der Waals surface area contributed by atoms with E-state index in [4.69, 9.17) is 4.99 Å². The van der Waals surface area contributed by atoms with E-state index in [9.17, 15) is 0 Å². The number of hydrogen-bond acceptors (Lipinski definition) is 4. The molecule has 0 spiro atoms. The van der Waals surface area contributed by atoms with E-state index in [1.165, 1.54) is 11.3 Å². The second kappa shape index (κ2) is 11.9. The molecule has 1 aromatic rings. The minimum absolute atomic E-state index is 0.476. The van der Waals surface area contributed by atoms with Gasteiger partial charge in [0.1, 0.15) is 0 Å². The van der Waals surface area contributed by atoms with E-state index < -0.39 is 0 Å². The lowest BCUT2D eigenvalue weighted by Gasteiger charge is -2.35. The summed E-state index contributed by atoms with van der Waals surface area (Å²) in [6, 6.07) is 9.19. The fourth-order valence-electron chi connectivity index (χ4n) is 3.55. The third-order valence-corrected chi connectivity index (χ3v) is 5.44. The SMILES string of the molecule is CCNC(=NCC(C)N1CCN(C)CC1)NCCN(CC)c1cccc(C)c1. The summed E-state index contributed by atoms with van der Waals surface area (Å²) in [4.78, 5) is 12.2. The molecule has 1 aliphatic rings. The van der Waals surface area contributed by atoms with Gasteiger partial charge >= 0.3 is 0 Å². The maximum absolute atomic E-state index is 4.84. The van der Waals surface area contributed by atoms with Gasteiger partial charge in [0, 0.05) is 64.1 Å². The van der Waals surface area contributed by atoms with Gasteiger partial charge in [-0.3, -0.25) is 9.89 Å². The molecule has 6 heteroatoms. The van der Waals surface area contributed by atoms with Crippen molar-refractivity contribution in [1.29, 1.82) is 0 Å². The van der Waals surface area contributed by atoms with Crippen molar-refractivity contribution in [1.82, 2.24) is 20.4 Å². The van der Waals surface area contributed by atoms with Gasteiger partial charge in [-0.05, 0) is 52.4 Å². The maximum Gasteiger partial charge on any atom is 0.191 e. The van der Waals surface area contributed by atoms with Crippen LogP contribution in [0, 0.1) is 6.92 Å². The molecule has 0 saturated carbocycles. The lowest BCUT2D eigenvalue weighted by molar-refractivity contribution is 0.122. The maximum atomic E-state index is 4.84. The van der Waals surface area contributed by atoms with Crippen LogP contribution in [0.3, 0.4) is 0 Å². The first-order valence-corrected chi connectivity index (χ1v) is 10.8. The second-order valence-corrected chi connectivity index (χ2v) is 7.75. The van der Waals surface area contributed by atoms with Gasteiger partial charge in [-0.1, -0.05) is 12.1 Å². The molecular weight excluding hydrogens is 348 g/mol. The standard InChI is InChI=1S/C22H40N6/c1-6-23-22(25-18-20(4)28-15-13-26(5)14-16-28)24-11-12-27(7-2)21-10-8-9-19(3)17-21/h8-10,17,20H,6-7,11-16,18H2,1-5H3,(H2,23,24,25). The molecule has 0 aromatic heterocycles. The van der Waals surface area contributed by atoms with Gasteiger partial charge in [0.05, 0.1) is 6.54 Å². The summed E-state index contributed by atoms with van der Waals surface area (Å²) in [6.45, 7) is 17.9. The van der Waals surface area contributed by atoms with Gasteiger partial charge in [-0.15, -0.1) is 0 Å². The van der Waals surface area contributed by atoms with E-state index >= 15 is 0 Å². The molecule has 1 aliphatic heterocycles. The summed E-state index contributed by atoms with van der Waals surface area (Å²) >= 11 is 0. The minimum Gasteiger partial charge on any atom is -0.370 e. The van der Waals surface area contributed by atoms with Crippen molar-refractivity contribution >= 4 is 11.6 Å². The highest BCUT2D eigenvalue weighted by atomic mass is 15.3. The number of rotatable bonds is 9. The Hall–Kier alpha value is -1.79. The van der Waals surface area contributed by atoms with E-state index in [1.807, 2.05) is 0 Å². The van der Waals surface area contributed by atoms with Crippen molar-refractivity contribution in [2.75, 3.05) is 70.9 Å². The molecule has 0 aliphatic carbocycles. The van der Waals surface area contributed by atoms with Crippen molar-refractivity contribution in [2.45, 2.75) is 33.7 Å². The van der Waals surface area contributed by atoms with Crippen LogP contribution in [-0.2, 0) is 0 Å². The summed E-state index contributed by atoms with van der Waals surface area (Å²) in [6.07, 6.45) is 0. The highest BCUT2D eigenvalue weighted by Gasteiger charge is 2.18. The average Bonchev–Trinajstić information content (AvgIpc) is 2.69. The molecule has 0 radical (unpaired) electrons. The van der Waals surface area contributed by atoms with Crippen molar-refractivity contribution in [3.63, 3.8) is 0 Å². The summed E-state index contributed by atoms with van der Waals surface area (Å²) in [5, 5.41) is 6.89. The van der Waals surface area contributed by atoms with Gasteiger partial charge in [0.25, 0.3) is 0 Å². The number of aryl methyl sites for hydroxylation is 1. The van der Waals surface area contributed by atoms with Crippen LogP contribution in [0.2, 0.25) is 0 Å². The molecule has 6 nitrogen and oxygen atoms in total. The Morgan fingerprint density at radius 3 is 2.57 bits per heavy atom. The van der Waals surface area contributed by atoms with E-state index in [2.05, 4.69) is 84.3 Å². The van der Waals surface area contributed by atoms with E-state index in [0.29, 0.717) is 6.04 Å². The normalized spacial score (nSPS) is 17.4. The van der Waals surface area contributed by atoms with Crippen molar-refractivity contribution in [3.05, 3.63) is 29.8 Å². The third-order valence-electron chi connectivity index (χ3n) is 5.44. The average molecular weight is 389 g/mol. The van der Waals surface area contributed by atoms with Crippen molar-refractivity contribution in [2.24, 2.45) is 4.99 Å². The molecule has 2 rings (SSSR count). The number of nitrogens with one attached hydrogen (secondary N) is 2. The molecule has 1 heterocycles. The van der Waals surface area contributed by atoms with Crippen LogP contribution in [0.4, 0.5) is 5.69 Å². The third kappa shape index (κ3) is 7.32. The number of benzene rings is 1. The summed E-state index contributed by atoms with van der Waals surface area (Å²) in [5.41, 5.74) is 2.59. The Morgan fingerprint density at radius 1 is 1.18 bits per heavy atom. The topological polar surface area (TPSA) is 46.1 Å². The molecule has 1 fully saturated rings. The van der Waals surface area contributed by atoms with Crippen LogP contribution >= 0.6 is 0 Å². The first-order chi connectivity index (χ1) is 13.5. The number of nitrogens with zero attached hydrogens (tertiary/aromatic N) is 4. The predicted molar refractivity (Wildman–Crippen MR) is 122 cm³/mol. The number of piperazine rings is 1. The van der Waals surface area contributed by atoms with Gasteiger partial charge in [-0.25, -0.2) is 0 Å². The fraction of sp³-hybridized carbons (Fsp3) is 0.682. The number of likely N-dealkylation sites (N-methyl/N-ethyl adjacent to an activating group) is 2. The van der Waals surface area contributed by atoms with Crippen LogP contribution in [0.5, 0.6) is 0 Å². The zero-order chi connectivity index (χ0) is 20.4. The molecule has 0 bridgehead atoms.